The standard InChI is InChI=1S/C19H18N6O5S3/c1-8-11(33-7-21-8)4-3-9-5-31-17-13(16(27)25(17)14(9)18(28)29)23-15(26)12(24-30-2)10-6-32-19(20)22-10/h3-4,6-7,13,17H,5H2,1-2H3,(H2,20,22)(H,23,26)(H,28,29)/t13?,17-/m0/s1. The van der Waals surface area contributed by atoms with Gasteiger partial charge in [-0.15, -0.1) is 34.4 Å². The van der Waals surface area contributed by atoms with Crippen molar-refractivity contribution in [2.45, 2.75) is 18.3 Å². The summed E-state index contributed by atoms with van der Waals surface area (Å²) in [6.45, 7) is 1.86. The SMILES string of the molecule is CON=C(C(=O)NC1C(=O)N2C(C(=O)O)=C(C=Cc3scnc3C)CS[C@@H]12)c1csc(N)n1. The van der Waals surface area contributed by atoms with Gasteiger partial charge in [0, 0.05) is 16.0 Å². The van der Waals surface area contributed by atoms with Crippen LogP contribution in [0, 0.1) is 6.92 Å². The Hall–Kier alpha value is -3.23. The molecule has 1 unspecified atom stereocenters. The van der Waals surface area contributed by atoms with Crippen LogP contribution in [0.4, 0.5) is 5.13 Å². The Morgan fingerprint density at radius 1 is 1.39 bits per heavy atom. The van der Waals surface area contributed by atoms with Gasteiger partial charge < -0.3 is 21.0 Å². The van der Waals surface area contributed by atoms with Crippen molar-refractivity contribution in [3.8, 4) is 0 Å². The van der Waals surface area contributed by atoms with Gasteiger partial charge in [-0.1, -0.05) is 11.2 Å². The van der Waals surface area contributed by atoms with E-state index in [0.717, 1.165) is 21.9 Å². The quantitative estimate of drug-likeness (QED) is 0.286. The van der Waals surface area contributed by atoms with Crippen LogP contribution in [-0.4, -0.2) is 67.7 Å². The van der Waals surface area contributed by atoms with Crippen LogP contribution in [0.1, 0.15) is 16.3 Å². The van der Waals surface area contributed by atoms with Crippen molar-refractivity contribution >= 4 is 69.1 Å². The predicted molar refractivity (Wildman–Crippen MR) is 126 cm³/mol. The minimum absolute atomic E-state index is 0.0919. The molecule has 0 bridgehead atoms. The van der Waals surface area contributed by atoms with E-state index in [9.17, 15) is 19.5 Å². The van der Waals surface area contributed by atoms with Gasteiger partial charge in [0.15, 0.2) is 10.8 Å². The number of hydrogen-bond donors (Lipinski definition) is 3. The highest BCUT2D eigenvalue weighted by Crippen LogP contribution is 2.41. The van der Waals surface area contributed by atoms with E-state index in [-0.39, 0.29) is 22.2 Å². The van der Waals surface area contributed by atoms with Gasteiger partial charge in [-0.05, 0) is 18.6 Å². The number of hydrogen-bond acceptors (Lipinski definition) is 11. The first-order valence-electron chi connectivity index (χ1n) is 9.44. The Bertz CT molecular complexity index is 1220. The summed E-state index contributed by atoms with van der Waals surface area (Å²) in [7, 11) is 1.28. The van der Waals surface area contributed by atoms with Gasteiger partial charge >= 0.3 is 5.97 Å². The van der Waals surface area contributed by atoms with Gasteiger partial charge in [0.25, 0.3) is 11.8 Å². The average molecular weight is 507 g/mol. The Kier molecular flexibility index (Phi) is 6.49. The number of nitrogens with two attached hydrogens (primary N) is 1. The van der Waals surface area contributed by atoms with E-state index < -0.39 is 29.2 Å². The number of oxime groups is 1. The molecular formula is C19H18N6O5S3. The van der Waals surface area contributed by atoms with Crippen LogP contribution < -0.4 is 11.1 Å². The number of nitrogens with one attached hydrogen (secondary N) is 1. The van der Waals surface area contributed by atoms with E-state index in [1.54, 1.807) is 23.0 Å². The highest BCUT2D eigenvalue weighted by Gasteiger charge is 2.54. The summed E-state index contributed by atoms with van der Waals surface area (Å²) in [5, 5.41) is 17.4. The average Bonchev–Trinajstić information content (AvgIpc) is 3.40. The molecule has 2 amide bonds. The molecule has 0 saturated carbocycles. The van der Waals surface area contributed by atoms with Crippen molar-refractivity contribution in [2.24, 2.45) is 5.16 Å². The van der Waals surface area contributed by atoms with Gasteiger partial charge in [0.05, 0.1) is 11.2 Å². The van der Waals surface area contributed by atoms with Crippen LogP contribution >= 0.6 is 34.4 Å². The molecule has 0 spiro atoms. The number of amides is 2. The van der Waals surface area contributed by atoms with Gasteiger partial charge in [0.1, 0.15) is 29.9 Å². The third-order valence-electron chi connectivity index (χ3n) is 4.87. The second kappa shape index (κ2) is 9.33. The van der Waals surface area contributed by atoms with Crippen molar-refractivity contribution in [3.63, 3.8) is 0 Å². The summed E-state index contributed by atoms with van der Waals surface area (Å²) in [6.07, 6.45) is 3.49. The second-order valence-electron chi connectivity index (χ2n) is 6.87. The summed E-state index contributed by atoms with van der Waals surface area (Å²) in [5.74, 6) is -2.04. The molecular weight excluding hydrogens is 488 g/mol. The first-order chi connectivity index (χ1) is 15.8. The Balaban J connectivity index is 1.54. The number of carboxylic acid groups (broad SMARTS) is 1. The van der Waals surface area contributed by atoms with E-state index in [0.29, 0.717) is 11.3 Å². The fraction of sp³-hybridized carbons (Fsp3) is 0.263. The number of aromatic nitrogens is 2. The summed E-state index contributed by atoms with van der Waals surface area (Å²) in [4.78, 5) is 52.7. The summed E-state index contributed by atoms with van der Waals surface area (Å²) in [6, 6.07) is -0.913. The maximum absolute atomic E-state index is 12.9. The number of thioether (sulfide) groups is 1. The zero-order chi connectivity index (χ0) is 23.7. The van der Waals surface area contributed by atoms with Crippen LogP contribution in [-0.2, 0) is 19.2 Å². The number of anilines is 1. The monoisotopic (exact) mass is 506 g/mol. The number of nitrogens with zero attached hydrogens (tertiary/aromatic N) is 4. The van der Waals surface area contributed by atoms with Crippen LogP contribution in [0.25, 0.3) is 6.08 Å². The molecule has 4 rings (SSSR count). The fourth-order valence-electron chi connectivity index (χ4n) is 3.32. The topological polar surface area (TPSA) is 160 Å². The molecule has 2 aromatic heterocycles. The number of aliphatic carboxylic acids is 1. The highest BCUT2D eigenvalue weighted by molar-refractivity contribution is 8.00. The van der Waals surface area contributed by atoms with Crippen LogP contribution in [0.2, 0.25) is 0 Å². The number of aryl methyl sites for hydroxylation is 1. The lowest BCUT2D eigenvalue weighted by molar-refractivity contribution is -0.150. The molecule has 1 saturated heterocycles. The minimum Gasteiger partial charge on any atom is -0.477 e. The molecule has 0 radical (unpaired) electrons. The number of β-lactam (4-membered cyclic amide) rings is 1. The van der Waals surface area contributed by atoms with Crippen LogP contribution in [0.3, 0.4) is 0 Å². The van der Waals surface area contributed by atoms with Gasteiger partial charge in [0.2, 0.25) is 0 Å². The van der Waals surface area contributed by atoms with E-state index in [4.69, 9.17) is 10.6 Å². The number of rotatable bonds is 7. The minimum atomic E-state index is -1.21. The maximum atomic E-state index is 12.9. The number of carboxylic acids is 1. The van der Waals surface area contributed by atoms with Gasteiger partial charge in [-0.25, -0.2) is 14.8 Å². The van der Waals surface area contributed by atoms with Crippen LogP contribution in [0.5, 0.6) is 0 Å². The third kappa shape index (κ3) is 4.36. The van der Waals surface area contributed by atoms with E-state index in [1.165, 1.54) is 35.1 Å². The molecule has 33 heavy (non-hydrogen) atoms. The molecule has 2 atom stereocenters. The summed E-state index contributed by atoms with van der Waals surface area (Å²) < 4.78 is 0. The second-order valence-corrected chi connectivity index (χ2v) is 9.75. The highest BCUT2D eigenvalue weighted by atomic mass is 32.2. The lowest BCUT2D eigenvalue weighted by atomic mass is 10.0. The number of thiazole rings is 2. The van der Waals surface area contributed by atoms with E-state index in [1.807, 2.05) is 6.92 Å². The molecule has 4 heterocycles. The van der Waals surface area contributed by atoms with Crippen molar-refractivity contribution in [3.05, 3.63) is 44.5 Å². The Morgan fingerprint density at radius 3 is 2.79 bits per heavy atom. The predicted octanol–water partition coefficient (Wildman–Crippen LogP) is 1.29. The lowest BCUT2D eigenvalue weighted by Gasteiger charge is -2.49. The molecule has 0 aromatic carbocycles. The summed E-state index contributed by atoms with van der Waals surface area (Å²) in [5.41, 5.74) is 8.68. The molecule has 4 N–H and O–H groups in total. The van der Waals surface area contributed by atoms with Gasteiger partial charge in [-0.3, -0.25) is 14.5 Å². The summed E-state index contributed by atoms with van der Waals surface area (Å²) >= 11 is 3.94. The Labute approximate surface area is 200 Å². The number of carbonyl (C=O) groups is 3. The van der Waals surface area contributed by atoms with Crippen molar-refractivity contribution < 1.29 is 24.3 Å². The smallest absolute Gasteiger partial charge is 0.352 e. The van der Waals surface area contributed by atoms with Crippen molar-refractivity contribution in [2.75, 3.05) is 18.6 Å². The molecule has 2 aliphatic rings. The zero-order valence-electron chi connectivity index (χ0n) is 17.3. The number of allylic oxidation sites excluding steroid dienone is 1. The Morgan fingerprint density at radius 2 is 2.18 bits per heavy atom. The first-order valence-corrected chi connectivity index (χ1v) is 12.2. The molecule has 0 aliphatic carbocycles. The fourth-order valence-corrected chi connectivity index (χ4v) is 5.88. The molecule has 11 nitrogen and oxygen atoms in total. The van der Waals surface area contributed by atoms with E-state index >= 15 is 0 Å². The number of nitrogen functional groups attached to an aromatic ring is 1. The zero-order valence-corrected chi connectivity index (χ0v) is 19.8. The molecule has 2 aromatic rings. The van der Waals surface area contributed by atoms with Crippen LogP contribution in [0.15, 0.2) is 33.4 Å². The van der Waals surface area contributed by atoms with Gasteiger partial charge in [-0.2, -0.15) is 0 Å². The lowest BCUT2D eigenvalue weighted by Crippen LogP contribution is -2.71. The number of fused-ring (bicyclic) bond motifs is 1. The first kappa shape index (κ1) is 22.9. The molecule has 2 aliphatic heterocycles. The molecule has 14 heteroatoms. The van der Waals surface area contributed by atoms with E-state index in [2.05, 4.69) is 20.4 Å². The maximum Gasteiger partial charge on any atom is 0.352 e. The third-order valence-corrected chi connectivity index (χ3v) is 7.74. The molecule has 172 valence electrons. The van der Waals surface area contributed by atoms with Crippen molar-refractivity contribution in [1.29, 1.82) is 0 Å². The largest absolute Gasteiger partial charge is 0.477 e. The number of carbonyl (C=O) groups excluding carboxylic acids is 2. The normalized spacial score (nSPS) is 20.6. The molecule has 1 fully saturated rings. The van der Waals surface area contributed by atoms with Crippen molar-refractivity contribution in [1.82, 2.24) is 20.2 Å².